The van der Waals surface area contributed by atoms with Crippen LogP contribution in [0.1, 0.15) is 11.1 Å². The third kappa shape index (κ3) is 3.61. The summed E-state index contributed by atoms with van der Waals surface area (Å²) in [5.41, 5.74) is 1.50. The Balaban J connectivity index is 1.82. The van der Waals surface area contributed by atoms with Gasteiger partial charge >= 0.3 is 5.69 Å². The first-order valence-electron chi connectivity index (χ1n) is 9.24. The molecule has 9 heteroatoms. The zero-order valence-electron chi connectivity index (χ0n) is 16.4. The Labute approximate surface area is 176 Å². The molecule has 2 heterocycles. The first kappa shape index (κ1) is 19.9. The SMILES string of the molecule is Cn1c(=O)c2c(nc(NCc3ccc(F)cc3)n2Cc2ccc(Cl)cc2)n(C)c1=O. The Bertz CT molecular complexity index is 1340. The van der Waals surface area contributed by atoms with E-state index in [0.29, 0.717) is 35.2 Å². The van der Waals surface area contributed by atoms with E-state index in [1.807, 2.05) is 12.1 Å². The molecule has 30 heavy (non-hydrogen) atoms. The van der Waals surface area contributed by atoms with Gasteiger partial charge in [0.1, 0.15) is 5.82 Å². The summed E-state index contributed by atoms with van der Waals surface area (Å²) in [6.45, 7) is 0.728. The van der Waals surface area contributed by atoms with Crippen LogP contribution in [0.4, 0.5) is 10.3 Å². The number of imidazole rings is 1. The number of halogens is 2. The lowest BCUT2D eigenvalue weighted by Crippen LogP contribution is -2.37. The summed E-state index contributed by atoms with van der Waals surface area (Å²) in [6, 6.07) is 13.4. The summed E-state index contributed by atoms with van der Waals surface area (Å²) >= 11 is 5.98. The Hall–Kier alpha value is -3.39. The minimum Gasteiger partial charge on any atom is -0.351 e. The van der Waals surface area contributed by atoms with Crippen molar-refractivity contribution in [3.8, 4) is 0 Å². The Morgan fingerprint density at radius 2 is 1.60 bits per heavy atom. The van der Waals surface area contributed by atoms with Gasteiger partial charge in [-0.25, -0.2) is 9.18 Å². The van der Waals surface area contributed by atoms with Gasteiger partial charge in [-0.3, -0.25) is 18.5 Å². The van der Waals surface area contributed by atoms with E-state index >= 15 is 0 Å². The number of fused-ring (bicyclic) bond motifs is 1. The van der Waals surface area contributed by atoms with Gasteiger partial charge in [0.05, 0.1) is 6.54 Å². The molecule has 0 unspecified atom stereocenters. The van der Waals surface area contributed by atoms with E-state index in [-0.39, 0.29) is 5.82 Å². The van der Waals surface area contributed by atoms with Crippen LogP contribution >= 0.6 is 11.6 Å². The Morgan fingerprint density at radius 3 is 2.27 bits per heavy atom. The standard InChI is InChI=1S/C21H19ClFN5O2/c1-26-18-17(19(29)27(2)21(26)30)28(12-14-3-7-15(22)8-4-14)20(25-18)24-11-13-5-9-16(23)10-6-13/h3-10H,11-12H2,1-2H3,(H,24,25). The van der Waals surface area contributed by atoms with Crippen LogP contribution in [0.3, 0.4) is 0 Å². The lowest BCUT2D eigenvalue weighted by molar-refractivity contribution is 0.627. The molecule has 0 aliphatic rings. The van der Waals surface area contributed by atoms with Gasteiger partial charge < -0.3 is 5.32 Å². The molecule has 0 amide bonds. The van der Waals surface area contributed by atoms with Gasteiger partial charge in [-0.15, -0.1) is 0 Å². The highest BCUT2D eigenvalue weighted by atomic mass is 35.5. The fourth-order valence-electron chi connectivity index (χ4n) is 3.29. The highest BCUT2D eigenvalue weighted by Crippen LogP contribution is 2.20. The number of anilines is 1. The molecule has 154 valence electrons. The second kappa shape index (κ2) is 7.79. The molecule has 0 saturated heterocycles. The molecular formula is C21H19ClFN5O2. The van der Waals surface area contributed by atoms with Crippen molar-refractivity contribution in [2.75, 3.05) is 5.32 Å². The summed E-state index contributed by atoms with van der Waals surface area (Å²) in [5.74, 6) is 0.120. The average molecular weight is 428 g/mol. The summed E-state index contributed by atoms with van der Waals surface area (Å²) in [5, 5.41) is 3.82. The van der Waals surface area contributed by atoms with Crippen molar-refractivity contribution < 1.29 is 4.39 Å². The number of aryl methyl sites for hydroxylation is 1. The number of rotatable bonds is 5. The summed E-state index contributed by atoms with van der Waals surface area (Å²) in [4.78, 5) is 29.7. The van der Waals surface area contributed by atoms with E-state index < -0.39 is 11.2 Å². The van der Waals surface area contributed by atoms with Gasteiger partial charge in [0, 0.05) is 25.7 Å². The van der Waals surface area contributed by atoms with Crippen LogP contribution in [0.25, 0.3) is 11.2 Å². The van der Waals surface area contributed by atoms with Crippen molar-refractivity contribution in [1.82, 2.24) is 18.7 Å². The zero-order valence-corrected chi connectivity index (χ0v) is 17.2. The molecule has 0 spiro atoms. The molecule has 7 nitrogen and oxygen atoms in total. The minimum absolute atomic E-state index is 0.290. The van der Waals surface area contributed by atoms with Crippen molar-refractivity contribution >= 4 is 28.7 Å². The van der Waals surface area contributed by atoms with E-state index in [1.54, 1.807) is 35.9 Å². The quantitative estimate of drug-likeness (QED) is 0.531. The fourth-order valence-corrected chi connectivity index (χ4v) is 3.42. The summed E-state index contributed by atoms with van der Waals surface area (Å²) in [6.07, 6.45) is 0. The molecule has 0 fully saturated rings. The smallest absolute Gasteiger partial charge is 0.332 e. The molecule has 1 N–H and O–H groups in total. The molecule has 4 aromatic rings. The Kier molecular flexibility index (Phi) is 5.17. The van der Waals surface area contributed by atoms with Gasteiger partial charge in [0.2, 0.25) is 5.95 Å². The maximum absolute atomic E-state index is 13.2. The van der Waals surface area contributed by atoms with Crippen LogP contribution < -0.4 is 16.6 Å². The Morgan fingerprint density at radius 1 is 0.967 bits per heavy atom. The molecule has 0 saturated carbocycles. The normalized spacial score (nSPS) is 11.2. The maximum Gasteiger partial charge on any atom is 0.332 e. The van der Waals surface area contributed by atoms with Crippen LogP contribution in [0.2, 0.25) is 5.02 Å². The minimum atomic E-state index is -0.450. The van der Waals surface area contributed by atoms with Gasteiger partial charge in [0.15, 0.2) is 11.2 Å². The zero-order chi connectivity index (χ0) is 21.4. The molecule has 0 atom stereocenters. The lowest BCUT2D eigenvalue weighted by Gasteiger charge is -2.11. The van der Waals surface area contributed by atoms with E-state index in [0.717, 1.165) is 15.7 Å². The monoisotopic (exact) mass is 427 g/mol. The molecule has 0 radical (unpaired) electrons. The third-order valence-electron chi connectivity index (χ3n) is 4.97. The van der Waals surface area contributed by atoms with Crippen LogP contribution in [-0.2, 0) is 27.2 Å². The first-order valence-corrected chi connectivity index (χ1v) is 9.62. The molecule has 0 aliphatic carbocycles. The van der Waals surface area contributed by atoms with Gasteiger partial charge in [0.25, 0.3) is 5.56 Å². The molecular weight excluding hydrogens is 409 g/mol. The van der Waals surface area contributed by atoms with Crippen LogP contribution in [0.5, 0.6) is 0 Å². The molecule has 2 aromatic carbocycles. The number of benzene rings is 2. The topological polar surface area (TPSA) is 73.8 Å². The van der Waals surface area contributed by atoms with Crippen molar-refractivity contribution in [1.29, 1.82) is 0 Å². The van der Waals surface area contributed by atoms with Crippen molar-refractivity contribution in [3.63, 3.8) is 0 Å². The second-order valence-electron chi connectivity index (χ2n) is 7.01. The maximum atomic E-state index is 13.2. The van der Waals surface area contributed by atoms with E-state index in [9.17, 15) is 14.0 Å². The van der Waals surface area contributed by atoms with Crippen molar-refractivity contribution in [2.45, 2.75) is 13.1 Å². The molecule has 2 aromatic heterocycles. The second-order valence-corrected chi connectivity index (χ2v) is 7.44. The predicted octanol–water partition coefficient (Wildman–Crippen LogP) is 2.89. The third-order valence-corrected chi connectivity index (χ3v) is 5.22. The van der Waals surface area contributed by atoms with E-state index in [2.05, 4.69) is 10.3 Å². The number of aromatic nitrogens is 4. The number of nitrogens with one attached hydrogen (secondary N) is 1. The van der Waals surface area contributed by atoms with Gasteiger partial charge in [-0.05, 0) is 35.4 Å². The van der Waals surface area contributed by atoms with E-state index in [1.165, 1.54) is 23.7 Å². The lowest BCUT2D eigenvalue weighted by atomic mass is 10.2. The molecule has 4 rings (SSSR count). The van der Waals surface area contributed by atoms with E-state index in [4.69, 9.17) is 11.6 Å². The summed E-state index contributed by atoms with van der Waals surface area (Å²) < 4.78 is 17.3. The van der Waals surface area contributed by atoms with Crippen LogP contribution in [0.15, 0.2) is 58.1 Å². The molecule has 0 aliphatic heterocycles. The highest BCUT2D eigenvalue weighted by molar-refractivity contribution is 6.30. The fraction of sp³-hybridized carbons (Fsp3) is 0.190. The van der Waals surface area contributed by atoms with Crippen molar-refractivity contribution in [3.05, 3.63) is 91.3 Å². The number of hydrogen-bond donors (Lipinski definition) is 1. The average Bonchev–Trinajstić information content (AvgIpc) is 3.10. The van der Waals surface area contributed by atoms with Crippen molar-refractivity contribution in [2.24, 2.45) is 14.1 Å². The predicted molar refractivity (Wildman–Crippen MR) is 114 cm³/mol. The van der Waals surface area contributed by atoms with Crippen LogP contribution in [0, 0.1) is 5.82 Å². The molecule has 0 bridgehead atoms. The van der Waals surface area contributed by atoms with Gasteiger partial charge in [-0.2, -0.15) is 4.98 Å². The van der Waals surface area contributed by atoms with Gasteiger partial charge in [-0.1, -0.05) is 35.9 Å². The number of hydrogen-bond acceptors (Lipinski definition) is 4. The first-order chi connectivity index (χ1) is 14.3. The largest absolute Gasteiger partial charge is 0.351 e. The summed E-state index contributed by atoms with van der Waals surface area (Å²) in [7, 11) is 3.02. The van der Waals surface area contributed by atoms with Crippen LogP contribution in [-0.4, -0.2) is 18.7 Å². The number of nitrogens with zero attached hydrogens (tertiary/aromatic N) is 4. The highest BCUT2D eigenvalue weighted by Gasteiger charge is 2.19.